The van der Waals surface area contributed by atoms with E-state index in [1.165, 1.54) is 6.92 Å². The molecular formula is C13H20N2O2. The molecule has 4 heteroatoms. The lowest BCUT2D eigenvalue weighted by molar-refractivity contribution is -0.114. The van der Waals surface area contributed by atoms with Gasteiger partial charge in [-0.15, -0.1) is 0 Å². The third kappa shape index (κ3) is 4.87. The maximum atomic E-state index is 11.0. The summed E-state index contributed by atoms with van der Waals surface area (Å²) in [5.41, 5.74) is 1.79. The number of carbonyl (C=O) groups is 1. The zero-order valence-corrected chi connectivity index (χ0v) is 10.6. The van der Waals surface area contributed by atoms with E-state index in [2.05, 4.69) is 17.6 Å². The second-order valence-electron chi connectivity index (χ2n) is 3.97. The average molecular weight is 236 g/mol. The lowest BCUT2D eigenvalue weighted by Crippen LogP contribution is -2.23. The SMILES string of the molecule is CCC(COC)Nc1cccc(NC(C)=O)c1. The minimum atomic E-state index is -0.0638. The Morgan fingerprint density at radius 2 is 2.12 bits per heavy atom. The molecule has 0 aliphatic rings. The molecule has 0 bridgehead atoms. The predicted octanol–water partition coefficient (Wildman–Crippen LogP) is 2.48. The molecule has 1 amide bonds. The van der Waals surface area contributed by atoms with E-state index in [0.717, 1.165) is 17.8 Å². The topological polar surface area (TPSA) is 50.4 Å². The van der Waals surface area contributed by atoms with Gasteiger partial charge in [0.2, 0.25) is 5.91 Å². The molecule has 0 aromatic heterocycles. The van der Waals surface area contributed by atoms with Gasteiger partial charge in [0.05, 0.1) is 6.61 Å². The molecule has 0 spiro atoms. The lowest BCUT2D eigenvalue weighted by Gasteiger charge is -2.17. The van der Waals surface area contributed by atoms with Crippen LogP contribution in [0.2, 0.25) is 0 Å². The van der Waals surface area contributed by atoms with Crippen molar-refractivity contribution in [3.05, 3.63) is 24.3 Å². The summed E-state index contributed by atoms with van der Waals surface area (Å²) in [5, 5.41) is 6.13. The van der Waals surface area contributed by atoms with E-state index in [9.17, 15) is 4.79 Å². The van der Waals surface area contributed by atoms with Crippen LogP contribution in [0, 0.1) is 0 Å². The van der Waals surface area contributed by atoms with Gasteiger partial charge in [-0.05, 0) is 24.6 Å². The minimum Gasteiger partial charge on any atom is -0.383 e. The number of methoxy groups -OCH3 is 1. The Morgan fingerprint density at radius 3 is 2.71 bits per heavy atom. The molecule has 0 fully saturated rings. The molecule has 4 nitrogen and oxygen atoms in total. The van der Waals surface area contributed by atoms with E-state index in [1.807, 2.05) is 24.3 Å². The van der Waals surface area contributed by atoms with Crippen LogP contribution in [-0.2, 0) is 9.53 Å². The fourth-order valence-corrected chi connectivity index (χ4v) is 1.59. The van der Waals surface area contributed by atoms with Crippen molar-refractivity contribution in [1.82, 2.24) is 0 Å². The molecule has 2 N–H and O–H groups in total. The number of nitrogens with one attached hydrogen (secondary N) is 2. The van der Waals surface area contributed by atoms with Crippen molar-refractivity contribution in [2.75, 3.05) is 24.4 Å². The number of rotatable bonds is 6. The number of anilines is 2. The highest BCUT2D eigenvalue weighted by molar-refractivity contribution is 5.89. The molecule has 0 saturated carbocycles. The van der Waals surface area contributed by atoms with Crippen LogP contribution < -0.4 is 10.6 Å². The molecule has 0 heterocycles. The summed E-state index contributed by atoms with van der Waals surface area (Å²) in [4.78, 5) is 11.0. The van der Waals surface area contributed by atoms with Gasteiger partial charge in [-0.3, -0.25) is 4.79 Å². The van der Waals surface area contributed by atoms with Crippen molar-refractivity contribution in [1.29, 1.82) is 0 Å². The monoisotopic (exact) mass is 236 g/mol. The third-order valence-electron chi connectivity index (χ3n) is 2.41. The Labute approximate surface area is 102 Å². The summed E-state index contributed by atoms with van der Waals surface area (Å²) in [6, 6.07) is 7.95. The quantitative estimate of drug-likeness (QED) is 0.797. The van der Waals surface area contributed by atoms with Gasteiger partial charge in [0, 0.05) is 31.5 Å². The largest absolute Gasteiger partial charge is 0.383 e. The molecule has 1 aromatic carbocycles. The maximum Gasteiger partial charge on any atom is 0.221 e. The van der Waals surface area contributed by atoms with Gasteiger partial charge in [0.1, 0.15) is 0 Å². The molecule has 0 saturated heterocycles. The second kappa shape index (κ2) is 6.91. The number of amides is 1. The van der Waals surface area contributed by atoms with Gasteiger partial charge in [-0.25, -0.2) is 0 Å². The number of hydrogen-bond acceptors (Lipinski definition) is 3. The van der Waals surface area contributed by atoms with Crippen LogP contribution in [0.3, 0.4) is 0 Å². The Bertz CT molecular complexity index is 366. The molecule has 0 aliphatic carbocycles. The van der Waals surface area contributed by atoms with Gasteiger partial charge in [0.25, 0.3) is 0 Å². The third-order valence-corrected chi connectivity index (χ3v) is 2.41. The molecule has 1 unspecified atom stereocenters. The minimum absolute atomic E-state index is 0.0638. The highest BCUT2D eigenvalue weighted by atomic mass is 16.5. The van der Waals surface area contributed by atoms with E-state index < -0.39 is 0 Å². The van der Waals surface area contributed by atoms with Crippen LogP contribution in [0.5, 0.6) is 0 Å². The highest BCUT2D eigenvalue weighted by Gasteiger charge is 2.05. The van der Waals surface area contributed by atoms with Crippen LogP contribution in [-0.4, -0.2) is 25.7 Å². The first-order valence-electron chi connectivity index (χ1n) is 5.78. The Kier molecular flexibility index (Phi) is 5.49. The second-order valence-corrected chi connectivity index (χ2v) is 3.97. The summed E-state index contributed by atoms with van der Waals surface area (Å²) in [7, 11) is 1.69. The van der Waals surface area contributed by atoms with E-state index in [4.69, 9.17) is 4.74 Å². The first kappa shape index (κ1) is 13.5. The lowest BCUT2D eigenvalue weighted by atomic mass is 10.2. The fourth-order valence-electron chi connectivity index (χ4n) is 1.59. The zero-order chi connectivity index (χ0) is 12.7. The van der Waals surface area contributed by atoms with Crippen molar-refractivity contribution in [2.24, 2.45) is 0 Å². The normalized spacial score (nSPS) is 11.9. The van der Waals surface area contributed by atoms with Gasteiger partial charge < -0.3 is 15.4 Å². The van der Waals surface area contributed by atoms with E-state index in [-0.39, 0.29) is 11.9 Å². The fraction of sp³-hybridized carbons (Fsp3) is 0.462. The van der Waals surface area contributed by atoms with Crippen molar-refractivity contribution < 1.29 is 9.53 Å². The molecule has 94 valence electrons. The van der Waals surface area contributed by atoms with Crippen LogP contribution in [0.25, 0.3) is 0 Å². The molecule has 17 heavy (non-hydrogen) atoms. The van der Waals surface area contributed by atoms with Gasteiger partial charge in [0.15, 0.2) is 0 Å². The van der Waals surface area contributed by atoms with Crippen LogP contribution in [0.4, 0.5) is 11.4 Å². The number of carbonyl (C=O) groups excluding carboxylic acids is 1. The Morgan fingerprint density at radius 1 is 1.41 bits per heavy atom. The van der Waals surface area contributed by atoms with E-state index >= 15 is 0 Å². The molecule has 0 radical (unpaired) electrons. The summed E-state index contributed by atoms with van der Waals surface area (Å²) in [6.45, 7) is 4.27. The van der Waals surface area contributed by atoms with Crippen LogP contribution in [0.15, 0.2) is 24.3 Å². The van der Waals surface area contributed by atoms with Crippen LogP contribution in [0.1, 0.15) is 20.3 Å². The summed E-state index contributed by atoms with van der Waals surface area (Å²) < 4.78 is 5.13. The predicted molar refractivity (Wildman–Crippen MR) is 70.3 cm³/mol. The highest BCUT2D eigenvalue weighted by Crippen LogP contribution is 2.16. The maximum absolute atomic E-state index is 11.0. The molecule has 1 aromatic rings. The molecule has 1 atom stereocenters. The standard InChI is InChI=1S/C13H20N2O2/c1-4-11(9-17-3)15-13-7-5-6-12(8-13)14-10(2)16/h5-8,11,15H,4,9H2,1-3H3,(H,14,16). The zero-order valence-electron chi connectivity index (χ0n) is 10.6. The van der Waals surface area contributed by atoms with Crippen molar-refractivity contribution >= 4 is 17.3 Å². The number of hydrogen-bond donors (Lipinski definition) is 2. The van der Waals surface area contributed by atoms with E-state index in [1.54, 1.807) is 7.11 Å². The summed E-state index contributed by atoms with van der Waals surface area (Å²) in [6.07, 6.45) is 0.984. The Balaban J connectivity index is 2.67. The molecule has 1 rings (SSSR count). The van der Waals surface area contributed by atoms with Gasteiger partial charge in [-0.1, -0.05) is 13.0 Å². The van der Waals surface area contributed by atoms with E-state index in [0.29, 0.717) is 6.61 Å². The number of benzene rings is 1. The molecular weight excluding hydrogens is 216 g/mol. The summed E-state index contributed by atoms with van der Waals surface area (Å²) >= 11 is 0. The van der Waals surface area contributed by atoms with Crippen molar-refractivity contribution in [2.45, 2.75) is 26.3 Å². The molecule has 0 aliphatic heterocycles. The smallest absolute Gasteiger partial charge is 0.221 e. The van der Waals surface area contributed by atoms with Gasteiger partial charge >= 0.3 is 0 Å². The van der Waals surface area contributed by atoms with Crippen molar-refractivity contribution in [3.63, 3.8) is 0 Å². The van der Waals surface area contributed by atoms with Crippen molar-refractivity contribution in [3.8, 4) is 0 Å². The average Bonchev–Trinajstić information content (AvgIpc) is 2.28. The summed E-state index contributed by atoms with van der Waals surface area (Å²) in [5.74, 6) is -0.0638. The first-order valence-corrected chi connectivity index (χ1v) is 5.78. The van der Waals surface area contributed by atoms with Gasteiger partial charge in [-0.2, -0.15) is 0 Å². The van der Waals surface area contributed by atoms with Crippen LogP contribution >= 0.6 is 0 Å². The Hall–Kier alpha value is -1.55. The first-order chi connectivity index (χ1) is 8.15. The number of ether oxygens (including phenoxy) is 1.